The molecule has 3 nitrogen and oxygen atoms in total. The van der Waals surface area contributed by atoms with E-state index in [4.69, 9.17) is 0 Å². The Morgan fingerprint density at radius 2 is 1.70 bits per heavy atom. The van der Waals surface area contributed by atoms with Crippen LogP contribution in [0.5, 0.6) is 0 Å². The van der Waals surface area contributed by atoms with Crippen LogP contribution in [0.3, 0.4) is 0 Å². The summed E-state index contributed by atoms with van der Waals surface area (Å²) in [7, 11) is -3.70. The van der Waals surface area contributed by atoms with Crippen LogP contribution in [0.4, 0.5) is 0 Å². The normalized spacial score (nSPS) is 25.3. The van der Waals surface area contributed by atoms with Crippen molar-refractivity contribution < 1.29 is 8.42 Å². The second-order valence-electron chi connectivity index (χ2n) is 7.58. The fraction of sp³-hybridized carbons (Fsp3) is 0.273. The molecule has 2 fully saturated rings. The third kappa shape index (κ3) is 2.82. The van der Waals surface area contributed by atoms with E-state index in [9.17, 15) is 8.42 Å². The maximum Gasteiger partial charge on any atom is 0.243 e. The number of aryl methyl sites for hydroxylation is 1. The highest BCUT2D eigenvalue weighted by molar-refractivity contribution is 7.89. The summed E-state index contributed by atoms with van der Waals surface area (Å²) >= 11 is 0. The predicted molar refractivity (Wildman–Crippen MR) is 113 cm³/mol. The zero-order valence-electron chi connectivity index (χ0n) is 15.2. The number of benzene rings is 3. The molecule has 0 radical (unpaired) electrons. The molecule has 2 saturated heterocycles. The average molecular weight is 395 g/mol. The number of nitrogens with zero attached hydrogens (tertiary/aromatic N) is 1. The molecular formula is C22H22NO2PS. The van der Waals surface area contributed by atoms with Gasteiger partial charge < -0.3 is 0 Å². The van der Waals surface area contributed by atoms with Crippen LogP contribution in [0.2, 0.25) is 0 Å². The molecule has 0 aromatic heterocycles. The minimum atomic E-state index is -3.39. The molecule has 0 unspecified atom stereocenters. The van der Waals surface area contributed by atoms with E-state index < -0.39 is 10.0 Å². The maximum atomic E-state index is 13.1. The van der Waals surface area contributed by atoms with E-state index in [0.717, 1.165) is 18.1 Å². The van der Waals surface area contributed by atoms with E-state index >= 15 is 0 Å². The second-order valence-corrected chi connectivity index (χ2v) is 12.0. The largest absolute Gasteiger partial charge is 0.243 e. The summed E-state index contributed by atoms with van der Waals surface area (Å²) in [5.41, 5.74) is 1.55. The summed E-state index contributed by atoms with van der Waals surface area (Å²) in [6.45, 7) is 2.64. The molecule has 0 spiro atoms. The van der Waals surface area contributed by atoms with Crippen LogP contribution >= 0.6 is 7.92 Å². The van der Waals surface area contributed by atoms with Gasteiger partial charge in [-0.1, -0.05) is 68.1 Å². The summed E-state index contributed by atoms with van der Waals surface area (Å²) in [6.07, 6.45) is 1.99. The van der Waals surface area contributed by atoms with Crippen LogP contribution in [0.15, 0.2) is 71.6 Å². The minimum absolute atomic E-state index is 0.145. The second kappa shape index (κ2) is 6.41. The van der Waals surface area contributed by atoms with Crippen molar-refractivity contribution in [1.29, 1.82) is 0 Å². The molecule has 5 heteroatoms. The van der Waals surface area contributed by atoms with Crippen molar-refractivity contribution in [2.45, 2.75) is 29.9 Å². The van der Waals surface area contributed by atoms with Crippen molar-refractivity contribution in [2.75, 3.05) is 12.7 Å². The Morgan fingerprint density at radius 3 is 2.44 bits per heavy atom. The molecule has 27 heavy (non-hydrogen) atoms. The van der Waals surface area contributed by atoms with Gasteiger partial charge in [0.1, 0.15) is 0 Å². The van der Waals surface area contributed by atoms with Crippen LogP contribution < -0.4 is 5.30 Å². The first-order valence-corrected chi connectivity index (χ1v) is 12.4. The van der Waals surface area contributed by atoms with Gasteiger partial charge in [-0.25, -0.2) is 8.42 Å². The highest BCUT2D eigenvalue weighted by Gasteiger charge is 2.49. The average Bonchev–Trinajstić information content (AvgIpc) is 3.29. The van der Waals surface area contributed by atoms with Crippen LogP contribution in [-0.4, -0.2) is 37.1 Å². The first-order valence-electron chi connectivity index (χ1n) is 9.37. The highest BCUT2D eigenvalue weighted by atomic mass is 32.2. The molecule has 0 N–H and O–H groups in total. The molecule has 0 aliphatic carbocycles. The Labute approximate surface area is 161 Å². The van der Waals surface area contributed by atoms with E-state index in [1.807, 2.05) is 19.1 Å². The van der Waals surface area contributed by atoms with Crippen LogP contribution in [-0.2, 0) is 10.0 Å². The first-order chi connectivity index (χ1) is 13.0. The quantitative estimate of drug-likeness (QED) is 0.626. The van der Waals surface area contributed by atoms with Crippen molar-refractivity contribution in [3.8, 4) is 0 Å². The number of rotatable bonds is 3. The van der Waals surface area contributed by atoms with Gasteiger partial charge in [-0.15, -0.1) is 0 Å². The fourth-order valence-electron chi connectivity index (χ4n) is 4.52. The lowest BCUT2D eigenvalue weighted by Gasteiger charge is -2.31. The van der Waals surface area contributed by atoms with E-state index in [2.05, 4.69) is 42.5 Å². The zero-order chi connectivity index (χ0) is 18.6. The molecule has 2 aliphatic rings. The molecular weight excluding hydrogens is 373 g/mol. The fourth-order valence-corrected chi connectivity index (χ4v) is 9.78. The lowest BCUT2D eigenvalue weighted by Crippen LogP contribution is -2.40. The third-order valence-electron chi connectivity index (χ3n) is 5.89. The van der Waals surface area contributed by atoms with Crippen molar-refractivity contribution in [1.82, 2.24) is 4.31 Å². The van der Waals surface area contributed by atoms with Crippen molar-refractivity contribution >= 4 is 34.0 Å². The number of sulfonamides is 1. The van der Waals surface area contributed by atoms with Crippen LogP contribution in [0.25, 0.3) is 10.8 Å². The molecule has 3 aromatic carbocycles. The Hall–Kier alpha value is -1.74. The van der Waals surface area contributed by atoms with Crippen molar-refractivity contribution in [3.05, 3.63) is 72.3 Å². The summed E-state index contributed by atoms with van der Waals surface area (Å²) in [5.74, 6) is 0. The molecule has 138 valence electrons. The summed E-state index contributed by atoms with van der Waals surface area (Å²) in [5, 5.41) is 4.07. The Balaban J connectivity index is 1.44. The molecule has 0 saturated carbocycles. The SMILES string of the molecule is Cc1ccc(S(=O)(=O)N2C[C@@H]3C[C@H]2C[P@]3c2cccc3ccccc23)cc1. The van der Waals surface area contributed by atoms with Gasteiger partial charge in [-0.2, -0.15) is 4.31 Å². The van der Waals surface area contributed by atoms with Gasteiger partial charge in [0, 0.05) is 12.6 Å². The first kappa shape index (κ1) is 17.4. The number of fused-ring (bicyclic) bond motifs is 3. The topological polar surface area (TPSA) is 37.4 Å². The van der Waals surface area contributed by atoms with E-state index in [0.29, 0.717) is 17.1 Å². The summed E-state index contributed by atoms with van der Waals surface area (Å²) < 4.78 is 28.0. The molecule has 0 amide bonds. The summed E-state index contributed by atoms with van der Waals surface area (Å²) in [6, 6.07) is 22.5. The standard InChI is InChI=1S/C22H22NO2PS/c1-16-9-11-20(12-10-16)27(24,25)23-14-19-13-18(23)15-26(19)22-8-4-6-17-5-2-3-7-21(17)22/h2-12,18-19H,13-15H2,1H3/t18-,19-,26-/m0/s1. The molecule has 5 rings (SSSR count). The predicted octanol–water partition coefficient (Wildman–Crippen LogP) is 4.10. The zero-order valence-corrected chi connectivity index (χ0v) is 17.0. The van der Waals surface area contributed by atoms with Gasteiger partial charge in [0.15, 0.2) is 0 Å². The van der Waals surface area contributed by atoms with E-state index in [1.54, 1.807) is 16.4 Å². The summed E-state index contributed by atoms with van der Waals surface area (Å²) in [4.78, 5) is 0.426. The van der Waals surface area contributed by atoms with Gasteiger partial charge >= 0.3 is 0 Å². The maximum absolute atomic E-state index is 13.1. The highest BCUT2D eigenvalue weighted by Crippen LogP contribution is 2.56. The van der Waals surface area contributed by atoms with Crippen LogP contribution in [0.1, 0.15) is 12.0 Å². The Morgan fingerprint density at radius 1 is 0.963 bits per heavy atom. The van der Waals surface area contributed by atoms with Gasteiger partial charge in [0.05, 0.1) is 4.90 Å². The Bertz CT molecular complexity index is 1110. The van der Waals surface area contributed by atoms with Crippen molar-refractivity contribution in [3.63, 3.8) is 0 Å². The molecule has 3 aromatic rings. The van der Waals surface area contributed by atoms with Gasteiger partial charge in [-0.3, -0.25) is 0 Å². The molecule has 2 bridgehead atoms. The lowest BCUT2D eigenvalue weighted by atomic mass is 10.1. The van der Waals surface area contributed by atoms with Gasteiger partial charge in [0.2, 0.25) is 10.0 Å². The monoisotopic (exact) mass is 395 g/mol. The molecule has 2 heterocycles. The van der Waals surface area contributed by atoms with E-state index in [-0.39, 0.29) is 14.0 Å². The van der Waals surface area contributed by atoms with Crippen LogP contribution in [0, 0.1) is 6.92 Å². The van der Waals surface area contributed by atoms with E-state index in [1.165, 1.54) is 16.1 Å². The van der Waals surface area contributed by atoms with Gasteiger partial charge in [-0.05, 0) is 53.4 Å². The smallest absolute Gasteiger partial charge is 0.207 e. The van der Waals surface area contributed by atoms with Gasteiger partial charge in [0.25, 0.3) is 0 Å². The number of hydrogen-bond donors (Lipinski definition) is 0. The van der Waals surface area contributed by atoms with Crippen molar-refractivity contribution in [2.24, 2.45) is 0 Å². The lowest BCUT2D eigenvalue weighted by molar-refractivity contribution is 0.408. The third-order valence-corrected chi connectivity index (χ3v) is 10.9. The minimum Gasteiger partial charge on any atom is -0.207 e. The molecule has 3 atom stereocenters. The number of hydrogen-bond acceptors (Lipinski definition) is 2. The Kier molecular flexibility index (Phi) is 4.12. The molecule has 2 aliphatic heterocycles.